The first-order valence-electron chi connectivity index (χ1n) is 7.93. The molecular formula is C17H21ClN2O5. The van der Waals surface area contributed by atoms with Gasteiger partial charge < -0.3 is 19.6 Å². The topological polar surface area (TPSA) is 87.2 Å². The average Bonchev–Trinajstić information content (AvgIpc) is 2.61. The van der Waals surface area contributed by atoms with Crippen LogP contribution in [0, 0.1) is 5.92 Å². The Balaban J connectivity index is 2.00. The standard InChI is InChI=1S/C17H21ClN2O5/c1-19(16(22)11-5-6-13(18)14(8-11)25-2)10-15(21)20-7-3-4-12(9-20)17(23)24/h5-6,8,12H,3-4,7,9-10H2,1-2H3,(H,23,24). The van der Waals surface area contributed by atoms with Gasteiger partial charge in [0.25, 0.3) is 5.91 Å². The highest BCUT2D eigenvalue weighted by Gasteiger charge is 2.29. The molecule has 7 nitrogen and oxygen atoms in total. The van der Waals surface area contributed by atoms with Crippen molar-refractivity contribution >= 4 is 29.4 Å². The summed E-state index contributed by atoms with van der Waals surface area (Å²) in [5.74, 6) is -1.65. The summed E-state index contributed by atoms with van der Waals surface area (Å²) in [4.78, 5) is 38.8. The van der Waals surface area contributed by atoms with Crippen molar-refractivity contribution in [3.8, 4) is 5.75 Å². The number of likely N-dealkylation sites (N-methyl/N-ethyl adjacent to an activating group) is 1. The number of carbonyl (C=O) groups is 3. The molecule has 8 heteroatoms. The average molecular weight is 369 g/mol. The van der Waals surface area contributed by atoms with Crippen LogP contribution in [0.2, 0.25) is 5.02 Å². The Hall–Kier alpha value is -2.28. The van der Waals surface area contributed by atoms with Crippen molar-refractivity contribution in [3.63, 3.8) is 0 Å². The van der Waals surface area contributed by atoms with Gasteiger partial charge in [0.1, 0.15) is 5.75 Å². The van der Waals surface area contributed by atoms with Gasteiger partial charge in [-0.1, -0.05) is 11.6 Å². The minimum atomic E-state index is -0.893. The summed E-state index contributed by atoms with van der Waals surface area (Å²) in [5.41, 5.74) is 0.360. The molecule has 1 aliphatic rings. The van der Waals surface area contributed by atoms with Crippen LogP contribution < -0.4 is 4.74 Å². The van der Waals surface area contributed by atoms with Crippen molar-refractivity contribution in [2.24, 2.45) is 5.92 Å². The third-order valence-electron chi connectivity index (χ3n) is 4.24. The molecule has 1 heterocycles. The second kappa shape index (κ2) is 8.20. The zero-order valence-corrected chi connectivity index (χ0v) is 15.0. The van der Waals surface area contributed by atoms with Crippen LogP contribution in [0.5, 0.6) is 5.75 Å². The van der Waals surface area contributed by atoms with E-state index in [-0.39, 0.29) is 24.9 Å². The van der Waals surface area contributed by atoms with Crippen molar-refractivity contribution < 1.29 is 24.2 Å². The third kappa shape index (κ3) is 4.63. The monoisotopic (exact) mass is 368 g/mol. The lowest BCUT2D eigenvalue weighted by atomic mass is 9.98. The third-order valence-corrected chi connectivity index (χ3v) is 4.55. The number of methoxy groups -OCH3 is 1. The molecule has 1 aromatic rings. The number of rotatable bonds is 5. The number of ether oxygens (including phenoxy) is 1. The molecule has 0 saturated carbocycles. The number of carboxylic acids is 1. The van der Waals surface area contributed by atoms with Crippen molar-refractivity contribution in [2.45, 2.75) is 12.8 Å². The van der Waals surface area contributed by atoms with Crippen LogP contribution in [-0.2, 0) is 9.59 Å². The Kier molecular flexibility index (Phi) is 6.25. The molecule has 1 unspecified atom stereocenters. The Morgan fingerprint density at radius 2 is 2.12 bits per heavy atom. The number of likely N-dealkylation sites (tertiary alicyclic amines) is 1. The van der Waals surface area contributed by atoms with Crippen molar-refractivity contribution in [1.29, 1.82) is 0 Å². The van der Waals surface area contributed by atoms with Gasteiger partial charge in [0, 0.05) is 25.7 Å². The van der Waals surface area contributed by atoms with Gasteiger partial charge in [-0.15, -0.1) is 0 Å². The second-order valence-electron chi connectivity index (χ2n) is 6.03. The van der Waals surface area contributed by atoms with Crippen LogP contribution in [0.25, 0.3) is 0 Å². The lowest BCUT2D eigenvalue weighted by molar-refractivity contribution is -0.145. The molecule has 0 aromatic heterocycles. The summed E-state index contributed by atoms with van der Waals surface area (Å²) < 4.78 is 5.09. The molecule has 0 bridgehead atoms. The maximum Gasteiger partial charge on any atom is 0.308 e. The predicted molar refractivity (Wildman–Crippen MR) is 91.9 cm³/mol. The molecule has 25 heavy (non-hydrogen) atoms. The summed E-state index contributed by atoms with van der Waals surface area (Å²) in [7, 11) is 2.98. The lowest BCUT2D eigenvalue weighted by Crippen LogP contribution is -2.46. The molecule has 1 fully saturated rings. The van der Waals surface area contributed by atoms with Gasteiger partial charge in [0.05, 0.1) is 24.6 Å². The number of piperidine rings is 1. The highest BCUT2D eigenvalue weighted by molar-refractivity contribution is 6.32. The van der Waals surface area contributed by atoms with E-state index in [1.54, 1.807) is 12.1 Å². The molecule has 1 atom stereocenters. The van der Waals surface area contributed by atoms with Crippen LogP contribution >= 0.6 is 11.6 Å². The number of benzene rings is 1. The molecule has 136 valence electrons. The van der Waals surface area contributed by atoms with E-state index in [4.69, 9.17) is 21.4 Å². The number of nitrogens with zero attached hydrogens (tertiary/aromatic N) is 2. The number of aliphatic carboxylic acids is 1. The van der Waals surface area contributed by atoms with E-state index in [2.05, 4.69) is 0 Å². The number of amides is 2. The van der Waals surface area contributed by atoms with E-state index in [1.165, 1.54) is 30.0 Å². The molecule has 1 aromatic carbocycles. The number of carbonyl (C=O) groups excluding carboxylic acids is 2. The largest absolute Gasteiger partial charge is 0.495 e. The van der Waals surface area contributed by atoms with Crippen LogP contribution in [0.3, 0.4) is 0 Å². The van der Waals surface area contributed by atoms with E-state index >= 15 is 0 Å². The molecule has 2 rings (SSSR count). The Morgan fingerprint density at radius 3 is 2.76 bits per heavy atom. The SMILES string of the molecule is COc1cc(C(=O)N(C)CC(=O)N2CCCC(C(=O)O)C2)ccc1Cl. The minimum absolute atomic E-state index is 0.115. The molecule has 1 saturated heterocycles. The number of hydrogen-bond acceptors (Lipinski definition) is 4. The quantitative estimate of drug-likeness (QED) is 0.855. The first-order chi connectivity index (χ1) is 11.8. The Bertz CT molecular complexity index is 679. The Labute approximate surface area is 151 Å². The zero-order valence-electron chi connectivity index (χ0n) is 14.2. The van der Waals surface area contributed by atoms with Crippen molar-refractivity contribution in [3.05, 3.63) is 28.8 Å². The van der Waals surface area contributed by atoms with Gasteiger partial charge in [0.15, 0.2) is 0 Å². The first-order valence-corrected chi connectivity index (χ1v) is 8.31. The summed E-state index contributed by atoms with van der Waals surface area (Å²) >= 11 is 5.95. The summed E-state index contributed by atoms with van der Waals surface area (Å²) in [5, 5.41) is 9.50. The van der Waals surface area contributed by atoms with Crippen LogP contribution in [0.1, 0.15) is 23.2 Å². The van der Waals surface area contributed by atoms with Gasteiger partial charge in [-0.25, -0.2) is 0 Å². The van der Waals surface area contributed by atoms with Gasteiger partial charge >= 0.3 is 5.97 Å². The summed E-state index contributed by atoms with van der Waals surface area (Å²) in [6.45, 7) is 0.584. The van der Waals surface area contributed by atoms with Crippen LogP contribution in [-0.4, -0.2) is 66.5 Å². The Morgan fingerprint density at radius 1 is 1.40 bits per heavy atom. The van der Waals surface area contributed by atoms with Gasteiger partial charge in [-0.3, -0.25) is 14.4 Å². The normalized spacial score (nSPS) is 17.1. The molecule has 1 N–H and O–H groups in total. The second-order valence-corrected chi connectivity index (χ2v) is 6.43. The molecule has 2 amide bonds. The summed E-state index contributed by atoms with van der Waals surface area (Å²) in [6.07, 6.45) is 1.22. The molecule has 0 aliphatic carbocycles. The maximum atomic E-state index is 12.5. The molecular weight excluding hydrogens is 348 g/mol. The van der Waals surface area contributed by atoms with E-state index < -0.39 is 11.9 Å². The fraction of sp³-hybridized carbons (Fsp3) is 0.471. The molecule has 0 radical (unpaired) electrons. The highest BCUT2D eigenvalue weighted by Crippen LogP contribution is 2.25. The summed E-state index contributed by atoms with van der Waals surface area (Å²) in [6, 6.07) is 4.65. The van der Waals surface area contributed by atoms with E-state index in [9.17, 15) is 14.4 Å². The highest BCUT2D eigenvalue weighted by atomic mass is 35.5. The number of carboxylic acid groups (broad SMARTS) is 1. The van der Waals surface area contributed by atoms with Gasteiger partial charge in [-0.2, -0.15) is 0 Å². The van der Waals surface area contributed by atoms with E-state index in [0.29, 0.717) is 35.7 Å². The fourth-order valence-electron chi connectivity index (χ4n) is 2.79. The van der Waals surface area contributed by atoms with E-state index in [0.717, 1.165) is 0 Å². The lowest BCUT2D eigenvalue weighted by Gasteiger charge is -2.32. The molecule has 1 aliphatic heterocycles. The van der Waals surface area contributed by atoms with Crippen LogP contribution in [0.15, 0.2) is 18.2 Å². The van der Waals surface area contributed by atoms with E-state index in [1.807, 2.05) is 0 Å². The van der Waals surface area contributed by atoms with Gasteiger partial charge in [0.2, 0.25) is 5.91 Å². The number of halogens is 1. The van der Waals surface area contributed by atoms with Gasteiger partial charge in [-0.05, 0) is 31.0 Å². The van der Waals surface area contributed by atoms with Crippen molar-refractivity contribution in [1.82, 2.24) is 9.80 Å². The minimum Gasteiger partial charge on any atom is -0.495 e. The maximum absolute atomic E-state index is 12.5. The smallest absolute Gasteiger partial charge is 0.308 e. The fourth-order valence-corrected chi connectivity index (χ4v) is 2.99. The zero-order chi connectivity index (χ0) is 18.6. The number of hydrogen-bond donors (Lipinski definition) is 1. The van der Waals surface area contributed by atoms with Crippen LogP contribution in [0.4, 0.5) is 0 Å². The van der Waals surface area contributed by atoms with Crippen molar-refractivity contribution in [2.75, 3.05) is 33.8 Å². The predicted octanol–water partition coefficient (Wildman–Crippen LogP) is 1.74. The first kappa shape index (κ1) is 19.1. The molecule has 0 spiro atoms.